The Bertz CT molecular complexity index is 790. The molecule has 9 heteroatoms. The topological polar surface area (TPSA) is 71.4 Å². The van der Waals surface area contributed by atoms with Crippen LogP contribution in [0.2, 0.25) is 0 Å². The van der Waals surface area contributed by atoms with E-state index in [1.54, 1.807) is 4.83 Å². The summed E-state index contributed by atoms with van der Waals surface area (Å²) in [6.07, 6.45) is -1.89. The highest BCUT2D eigenvalue weighted by Gasteiger charge is 2.32. The highest BCUT2D eigenvalue weighted by atomic mass is 32.2. The summed E-state index contributed by atoms with van der Waals surface area (Å²) >= 11 is 0. The molecule has 22 heavy (non-hydrogen) atoms. The number of aromatic nitrogens is 1. The van der Waals surface area contributed by atoms with Crippen LogP contribution in [0.25, 0.3) is 11.1 Å². The second-order valence-electron chi connectivity index (χ2n) is 4.20. The van der Waals surface area contributed by atoms with Gasteiger partial charge in [-0.1, -0.05) is 6.07 Å². The summed E-state index contributed by atoms with van der Waals surface area (Å²) in [5, 5.41) is 3.06. The third-order valence-electron chi connectivity index (χ3n) is 2.75. The summed E-state index contributed by atoms with van der Waals surface area (Å²) in [5.41, 5.74) is -0.853. The first-order chi connectivity index (χ1) is 10.3. The Hall–Kier alpha value is -2.42. The maximum Gasteiger partial charge on any atom is 0.416 e. The molecule has 1 aromatic heterocycles. The van der Waals surface area contributed by atoms with E-state index >= 15 is 0 Å². The van der Waals surface area contributed by atoms with Crippen molar-refractivity contribution in [3.05, 3.63) is 48.3 Å². The molecule has 0 unspecified atom stereocenters. The molecule has 0 aliphatic rings. The van der Waals surface area contributed by atoms with E-state index in [1.165, 1.54) is 24.5 Å². The Morgan fingerprint density at radius 2 is 1.95 bits per heavy atom. The number of rotatable bonds is 4. The third kappa shape index (κ3) is 3.25. The zero-order valence-electron chi connectivity index (χ0n) is 11.0. The van der Waals surface area contributed by atoms with E-state index in [4.69, 9.17) is 0 Å². The van der Waals surface area contributed by atoms with Crippen molar-refractivity contribution in [3.8, 4) is 11.1 Å². The molecule has 0 atom stereocenters. The molecule has 0 aliphatic carbocycles. The fourth-order valence-electron chi connectivity index (χ4n) is 1.82. The fourth-order valence-corrected chi connectivity index (χ4v) is 2.80. The fraction of sp³-hybridized carbons (Fsp3) is 0.0769. The molecule has 0 radical (unpaired) electrons. The zero-order valence-corrected chi connectivity index (χ0v) is 11.8. The molecule has 1 aromatic carbocycles. The molecule has 0 fully saturated rings. The van der Waals surface area contributed by atoms with Gasteiger partial charge >= 0.3 is 6.18 Å². The lowest BCUT2D eigenvalue weighted by Crippen LogP contribution is -2.19. The normalized spacial score (nSPS) is 12.0. The van der Waals surface area contributed by atoms with Gasteiger partial charge in [-0.2, -0.15) is 26.7 Å². The largest absolute Gasteiger partial charge is 0.416 e. The maximum atomic E-state index is 12.9. The van der Waals surface area contributed by atoms with Gasteiger partial charge < -0.3 is 0 Å². The van der Waals surface area contributed by atoms with Crippen molar-refractivity contribution in [1.29, 1.82) is 0 Å². The molecule has 1 N–H and O–H groups in total. The van der Waals surface area contributed by atoms with Crippen molar-refractivity contribution in [1.82, 2.24) is 9.82 Å². The van der Waals surface area contributed by atoms with Gasteiger partial charge in [-0.3, -0.25) is 4.98 Å². The van der Waals surface area contributed by atoms with Crippen molar-refractivity contribution in [2.45, 2.75) is 11.1 Å². The average molecular weight is 329 g/mol. The van der Waals surface area contributed by atoms with Crippen LogP contribution in [0.5, 0.6) is 0 Å². The van der Waals surface area contributed by atoms with Crippen molar-refractivity contribution in [3.63, 3.8) is 0 Å². The number of hydrogen-bond donors (Lipinski definition) is 1. The Kier molecular flexibility index (Phi) is 4.18. The Morgan fingerprint density at radius 1 is 1.23 bits per heavy atom. The maximum absolute atomic E-state index is 12.9. The number of sulfonamides is 1. The summed E-state index contributed by atoms with van der Waals surface area (Å²) in [5.74, 6) is 0. The minimum atomic E-state index is -4.59. The lowest BCUT2D eigenvalue weighted by Gasteiger charge is -2.13. The molecule has 0 bridgehead atoms. The summed E-state index contributed by atoms with van der Waals surface area (Å²) in [7, 11) is -4.13. The quantitative estimate of drug-likeness (QED) is 0.692. The molecule has 5 nitrogen and oxygen atoms in total. The molecule has 0 aliphatic heterocycles. The lowest BCUT2D eigenvalue weighted by molar-refractivity contribution is -0.137. The van der Waals surface area contributed by atoms with Gasteiger partial charge in [0.1, 0.15) is 0 Å². The monoisotopic (exact) mass is 329 g/mol. The lowest BCUT2D eigenvalue weighted by atomic mass is 10.0. The second-order valence-corrected chi connectivity index (χ2v) is 5.83. The number of alkyl halides is 3. The summed E-state index contributed by atoms with van der Waals surface area (Å²) < 4.78 is 62.6. The first kappa shape index (κ1) is 16.0. The van der Waals surface area contributed by atoms with E-state index in [0.717, 1.165) is 12.1 Å². The standard InChI is InChI=1S/C13H10F3N3O2S/c1-17-19-22(20,21)12-5-4-10(13(14,15)16)7-11(12)9-3-2-6-18-8-9/h2-8,19H,1H2. The van der Waals surface area contributed by atoms with Crippen LogP contribution in [0.1, 0.15) is 5.56 Å². The molecule has 2 rings (SSSR count). The summed E-state index contributed by atoms with van der Waals surface area (Å²) in [6.45, 7) is 3.00. The molecule has 0 saturated heterocycles. The third-order valence-corrected chi connectivity index (χ3v) is 4.06. The highest BCUT2D eigenvalue weighted by Crippen LogP contribution is 2.35. The van der Waals surface area contributed by atoms with Gasteiger partial charge in [0.25, 0.3) is 10.0 Å². The van der Waals surface area contributed by atoms with Gasteiger partial charge in [0, 0.05) is 30.2 Å². The molecular weight excluding hydrogens is 319 g/mol. The van der Waals surface area contributed by atoms with Crippen LogP contribution in [0.15, 0.2) is 52.7 Å². The number of nitrogens with one attached hydrogen (secondary N) is 1. The molecule has 0 spiro atoms. The number of pyridine rings is 1. The van der Waals surface area contributed by atoms with Crippen LogP contribution in [-0.4, -0.2) is 20.1 Å². The summed E-state index contributed by atoms with van der Waals surface area (Å²) in [6, 6.07) is 5.28. The van der Waals surface area contributed by atoms with Crippen molar-refractivity contribution in [2.75, 3.05) is 0 Å². The Morgan fingerprint density at radius 3 is 2.50 bits per heavy atom. The van der Waals surface area contributed by atoms with E-state index in [9.17, 15) is 21.6 Å². The molecule has 0 amide bonds. The Balaban J connectivity index is 2.72. The molecular formula is C13H10F3N3O2S. The molecule has 0 saturated carbocycles. The van der Waals surface area contributed by atoms with Crippen LogP contribution in [0.3, 0.4) is 0 Å². The summed E-state index contributed by atoms with van der Waals surface area (Å²) in [4.78, 5) is 5.23. The van der Waals surface area contributed by atoms with Crippen LogP contribution < -0.4 is 4.83 Å². The number of hydrazone groups is 1. The van der Waals surface area contributed by atoms with E-state index in [0.29, 0.717) is 6.07 Å². The van der Waals surface area contributed by atoms with Gasteiger partial charge in [-0.15, -0.1) is 0 Å². The number of benzene rings is 1. The molecule has 2 aromatic rings. The van der Waals surface area contributed by atoms with E-state index in [2.05, 4.69) is 16.8 Å². The zero-order chi connectivity index (χ0) is 16.4. The van der Waals surface area contributed by atoms with E-state index in [1.807, 2.05) is 0 Å². The van der Waals surface area contributed by atoms with E-state index in [-0.39, 0.29) is 16.0 Å². The van der Waals surface area contributed by atoms with Crippen LogP contribution in [0, 0.1) is 0 Å². The van der Waals surface area contributed by atoms with Crippen molar-refractivity contribution >= 4 is 16.7 Å². The highest BCUT2D eigenvalue weighted by molar-refractivity contribution is 7.89. The SMILES string of the molecule is C=NNS(=O)(=O)c1ccc(C(F)(F)F)cc1-c1cccnc1. The smallest absolute Gasteiger partial charge is 0.264 e. The molecule has 1 heterocycles. The first-order valence-electron chi connectivity index (χ1n) is 5.85. The van der Waals surface area contributed by atoms with Crippen LogP contribution in [0.4, 0.5) is 13.2 Å². The Labute approximate surface area is 124 Å². The van der Waals surface area contributed by atoms with E-state index < -0.39 is 21.8 Å². The van der Waals surface area contributed by atoms with Gasteiger partial charge in [0.05, 0.1) is 10.5 Å². The van der Waals surface area contributed by atoms with Gasteiger partial charge in [-0.25, -0.2) is 4.83 Å². The number of nitrogens with zero attached hydrogens (tertiary/aromatic N) is 2. The van der Waals surface area contributed by atoms with Gasteiger partial charge in [0.15, 0.2) is 0 Å². The number of hydrogen-bond acceptors (Lipinski definition) is 4. The first-order valence-corrected chi connectivity index (χ1v) is 7.33. The van der Waals surface area contributed by atoms with Gasteiger partial charge in [-0.05, 0) is 24.3 Å². The minimum Gasteiger partial charge on any atom is -0.264 e. The predicted molar refractivity (Wildman–Crippen MR) is 74.5 cm³/mol. The van der Waals surface area contributed by atoms with Crippen LogP contribution in [-0.2, 0) is 16.2 Å². The number of halogens is 3. The average Bonchev–Trinajstić information content (AvgIpc) is 2.46. The predicted octanol–water partition coefficient (Wildman–Crippen LogP) is 2.66. The second kappa shape index (κ2) is 5.76. The minimum absolute atomic E-state index is 0.126. The van der Waals surface area contributed by atoms with Crippen LogP contribution >= 0.6 is 0 Å². The van der Waals surface area contributed by atoms with Gasteiger partial charge in [0.2, 0.25) is 0 Å². The van der Waals surface area contributed by atoms with Crippen molar-refractivity contribution < 1.29 is 21.6 Å². The molecule has 116 valence electrons. The van der Waals surface area contributed by atoms with Crippen molar-refractivity contribution in [2.24, 2.45) is 5.10 Å².